The van der Waals surface area contributed by atoms with E-state index in [-0.39, 0.29) is 33.9 Å². The van der Waals surface area contributed by atoms with Gasteiger partial charge in [0.05, 0.1) is 16.8 Å². The van der Waals surface area contributed by atoms with Gasteiger partial charge in [-0.2, -0.15) is 9.41 Å². The van der Waals surface area contributed by atoms with Crippen LogP contribution >= 0.6 is 0 Å². The Morgan fingerprint density at radius 2 is 1.87 bits per heavy atom. The Balaban J connectivity index is 2.00. The van der Waals surface area contributed by atoms with Crippen molar-refractivity contribution in [1.82, 2.24) is 4.31 Å². The van der Waals surface area contributed by atoms with E-state index in [1.54, 1.807) is 12.1 Å². The smallest absolute Gasteiger partial charge is 0.270 e. The second-order valence-corrected chi connectivity index (χ2v) is 9.10. The van der Waals surface area contributed by atoms with Crippen LogP contribution in [0.15, 0.2) is 52.5 Å². The van der Waals surface area contributed by atoms with Crippen molar-refractivity contribution in [2.24, 2.45) is 5.10 Å². The number of halogens is 1. The van der Waals surface area contributed by atoms with Gasteiger partial charge in [-0.1, -0.05) is 24.6 Å². The molecule has 1 aliphatic rings. The van der Waals surface area contributed by atoms with Crippen molar-refractivity contribution in [3.05, 3.63) is 64.0 Å². The van der Waals surface area contributed by atoms with Crippen LogP contribution in [0.3, 0.4) is 0 Å². The molecule has 0 bridgehead atoms. The van der Waals surface area contributed by atoms with Crippen LogP contribution in [0.2, 0.25) is 0 Å². The minimum atomic E-state index is -4.03. The highest BCUT2D eigenvalue weighted by atomic mass is 32.2. The molecule has 1 aliphatic heterocycles. The van der Waals surface area contributed by atoms with E-state index < -0.39 is 20.8 Å². The number of nitrogens with one attached hydrogen (secondary N) is 1. The molecular weight excluding hydrogens is 411 g/mol. The van der Waals surface area contributed by atoms with Gasteiger partial charge < -0.3 is 0 Å². The number of nitrogens with zero attached hydrogens (tertiary/aromatic N) is 3. The highest BCUT2D eigenvalue weighted by Gasteiger charge is 2.37. The van der Waals surface area contributed by atoms with Crippen LogP contribution in [0.4, 0.5) is 15.8 Å². The van der Waals surface area contributed by atoms with Crippen LogP contribution in [0.5, 0.6) is 0 Å². The zero-order valence-electron chi connectivity index (χ0n) is 16.7. The van der Waals surface area contributed by atoms with Crippen molar-refractivity contribution in [2.45, 2.75) is 50.1 Å². The van der Waals surface area contributed by atoms with Gasteiger partial charge in [-0.3, -0.25) is 15.5 Å². The molecule has 1 saturated heterocycles. The third-order valence-corrected chi connectivity index (χ3v) is 7.31. The van der Waals surface area contributed by atoms with Crippen LogP contribution in [-0.4, -0.2) is 35.9 Å². The second kappa shape index (κ2) is 8.88. The van der Waals surface area contributed by atoms with Gasteiger partial charge >= 0.3 is 0 Å². The maximum absolute atomic E-state index is 13.8. The Morgan fingerprint density at radius 3 is 2.50 bits per heavy atom. The summed E-state index contributed by atoms with van der Waals surface area (Å²) in [5.41, 5.74) is 2.56. The van der Waals surface area contributed by atoms with E-state index in [1.165, 1.54) is 34.8 Å². The zero-order chi connectivity index (χ0) is 21.9. The Bertz CT molecular complexity index is 1060. The van der Waals surface area contributed by atoms with Crippen LogP contribution in [0.25, 0.3) is 0 Å². The topological polar surface area (TPSA) is 105 Å². The quantitative estimate of drug-likeness (QED) is 0.418. The molecule has 2 aromatic carbocycles. The summed E-state index contributed by atoms with van der Waals surface area (Å²) < 4.78 is 42.0. The largest absolute Gasteiger partial charge is 0.277 e. The number of benzene rings is 2. The number of nitro benzene ring substituents is 1. The highest BCUT2D eigenvalue weighted by Crippen LogP contribution is 2.34. The fourth-order valence-electron chi connectivity index (χ4n) is 3.67. The number of rotatable bonds is 6. The van der Waals surface area contributed by atoms with Crippen molar-refractivity contribution in [3.63, 3.8) is 0 Å². The van der Waals surface area contributed by atoms with Gasteiger partial charge in [0, 0.05) is 29.8 Å². The number of anilines is 1. The molecule has 2 atom stereocenters. The Kier molecular flexibility index (Phi) is 6.47. The summed E-state index contributed by atoms with van der Waals surface area (Å²) in [4.78, 5) is 10.4. The highest BCUT2D eigenvalue weighted by molar-refractivity contribution is 7.89. The van der Waals surface area contributed by atoms with Gasteiger partial charge in [-0.25, -0.2) is 12.8 Å². The first-order valence-electron chi connectivity index (χ1n) is 9.57. The molecule has 160 valence electrons. The Hall–Kier alpha value is -2.85. The van der Waals surface area contributed by atoms with E-state index in [2.05, 4.69) is 10.5 Å². The minimum absolute atomic E-state index is 0.0816. The first kappa shape index (κ1) is 21.8. The number of hydrogen-bond donors (Lipinski definition) is 1. The van der Waals surface area contributed by atoms with Gasteiger partial charge in [-0.05, 0) is 38.8 Å². The lowest BCUT2D eigenvalue weighted by Crippen LogP contribution is -2.47. The minimum Gasteiger partial charge on any atom is -0.277 e. The number of sulfonamides is 1. The van der Waals surface area contributed by atoms with Crippen LogP contribution in [0.1, 0.15) is 38.7 Å². The maximum atomic E-state index is 13.8. The van der Waals surface area contributed by atoms with Crippen molar-refractivity contribution in [3.8, 4) is 0 Å². The molecule has 30 heavy (non-hydrogen) atoms. The summed E-state index contributed by atoms with van der Waals surface area (Å²) in [7, 11) is -4.03. The predicted octanol–water partition coefficient (Wildman–Crippen LogP) is 4.13. The van der Waals surface area contributed by atoms with Crippen LogP contribution < -0.4 is 5.43 Å². The van der Waals surface area contributed by atoms with Crippen molar-refractivity contribution >= 4 is 27.6 Å². The number of non-ortho nitro benzene ring substituents is 1. The third kappa shape index (κ3) is 4.49. The van der Waals surface area contributed by atoms with E-state index in [0.717, 1.165) is 12.5 Å². The zero-order valence-corrected chi connectivity index (χ0v) is 17.5. The van der Waals surface area contributed by atoms with Crippen molar-refractivity contribution in [2.75, 3.05) is 5.43 Å². The molecule has 1 heterocycles. The van der Waals surface area contributed by atoms with E-state index in [9.17, 15) is 22.9 Å². The molecule has 3 rings (SSSR count). The number of hydrazone groups is 1. The molecule has 0 radical (unpaired) electrons. The van der Waals surface area contributed by atoms with Crippen molar-refractivity contribution in [1.29, 1.82) is 0 Å². The van der Waals surface area contributed by atoms with Gasteiger partial charge in [0.2, 0.25) is 10.0 Å². The molecule has 1 fully saturated rings. The van der Waals surface area contributed by atoms with Crippen LogP contribution in [-0.2, 0) is 10.0 Å². The van der Waals surface area contributed by atoms with Crippen molar-refractivity contribution < 1.29 is 17.7 Å². The van der Waals surface area contributed by atoms with Gasteiger partial charge in [-0.15, -0.1) is 0 Å². The van der Waals surface area contributed by atoms with E-state index >= 15 is 0 Å². The normalized spacial score (nSPS) is 20.4. The number of nitro groups is 1. The summed E-state index contributed by atoms with van der Waals surface area (Å²) in [6, 6.07) is 9.05. The molecule has 0 amide bonds. The monoisotopic (exact) mass is 434 g/mol. The van der Waals surface area contributed by atoms with E-state index in [0.29, 0.717) is 12.8 Å². The molecule has 1 N–H and O–H groups in total. The summed E-state index contributed by atoms with van der Waals surface area (Å²) in [5.74, 6) is -0.476. The first-order valence-corrected chi connectivity index (χ1v) is 11.0. The van der Waals surface area contributed by atoms with Crippen LogP contribution in [0, 0.1) is 15.9 Å². The average Bonchev–Trinajstić information content (AvgIpc) is 2.69. The summed E-state index contributed by atoms with van der Waals surface area (Å²) in [6.07, 6.45) is 3.57. The Labute approximate surface area is 174 Å². The lowest BCUT2D eigenvalue weighted by atomic mass is 10.0. The van der Waals surface area contributed by atoms with Gasteiger partial charge in [0.1, 0.15) is 10.7 Å². The van der Waals surface area contributed by atoms with E-state index in [4.69, 9.17) is 0 Å². The molecule has 0 aromatic heterocycles. The molecule has 0 saturated carbocycles. The standard InChI is InChI=1S/C20H23FN4O4S/c1-14-6-5-7-15(2)24(14)30(28,29)20-12-17(25(26)27)10-11-19(20)23-22-13-16-8-3-4-9-18(16)21/h3-4,8-15,23H,5-7H2,1-2H3/b22-13-/t14-,15-/m0/s1. The molecule has 10 heteroatoms. The lowest BCUT2D eigenvalue weighted by Gasteiger charge is -2.37. The summed E-state index contributed by atoms with van der Waals surface area (Å²) >= 11 is 0. The summed E-state index contributed by atoms with van der Waals surface area (Å²) in [5, 5.41) is 15.2. The third-order valence-electron chi connectivity index (χ3n) is 5.14. The van der Waals surface area contributed by atoms with E-state index in [1.807, 2.05) is 13.8 Å². The molecule has 0 spiro atoms. The molecule has 0 unspecified atom stereocenters. The molecule has 0 aliphatic carbocycles. The fourth-order valence-corrected chi connectivity index (χ4v) is 5.71. The SMILES string of the molecule is C[C@H]1CCC[C@H](C)N1S(=O)(=O)c1cc([N+](=O)[O-])ccc1N/N=C\c1ccccc1F. The lowest BCUT2D eigenvalue weighted by molar-refractivity contribution is -0.385. The fraction of sp³-hybridized carbons (Fsp3) is 0.350. The average molecular weight is 434 g/mol. The second-order valence-electron chi connectivity index (χ2n) is 7.29. The number of hydrogen-bond acceptors (Lipinski definition) is 6. The Morgan fingerprint density at radius 1 is 1.20 bits per heavy atom. The molecule has 2 aromatic rings. The van der Waals surface area contributed by atoms with Gasteiger partial charge in [0.15, 0.2) is 0 Å². The maximum Gasteiger partial charge on any atom is 0.270 e. The predicted molar refractivity (Wildman–Crippen MR) is 113 cm³/mol. The number of piperidine rings is 1. The van der Waals surface area contributed by atoms with Gasteiger partial charge in [0.25, 0.3) is 5.69 Å². The molecular formula is C20H23FN4O4S. The molecule has 8 nitrogen and oxygen atoms in total. The summed E-state index contributed by atoms with van der Waals surface area (Å²) in [6.45, 7) is 3.65. The first-order chi connectivity index (χ1) is 14.2.